The van der Waals surface area contributed by atoms with Crippen molar-refractivity contribution in [3.8, 4) is 0 Å². The molecule has 3 rings (SSSR count). The molecular formula is C21H30N2O5S. The van der Waals surface area contributed by atoms with Crippen molar-refractivity contribution >= 4 is 21.9 Å². The third-order valence-corrected chi connectivity index (χ3v) is 7.45. The van der Waals surface area contributed by atoms with E-state index in [0.717, 1.165) is 51.4 Å². The van der Waals surface area contributed by atoms with Crippen LogP contribution in [0.1, 0.15) is 61.7 Å². The minimum atomic E-state index is -3.64. The quantitative estimate of drug-likeness (QED) is 0.682. The molecule has 0 spiro atoms. The van der Waals surface area contributed by atoms with Gasteiger partial charge in [-0.2, -0.15) is 4.31 Å². The third kappa shape index (κ3) is 5.79. The van der Waals surface area contributed by atoms with Gasteiger partial charge < -0.3 is 9.64 Å². The fourth-order valence-corrected chi connectivity index (χ4v) is 5.40. The van der Waals surface area contributed by atoms with E-state index in [4.69, 9.17) is 4.74 Å². The molecule has 0 aromatic heterocycles. The van der Waals surface area contributed by atoms with E-state index < -0.39 is 16.0 Å². The normalized spacial score (nSPS) is 19.2. The zero-order valence-corrected chi connectivity index (χ0v) is 17.7. The SMILES string of the molecule is O=C(OCC(=O)N1CCCCCC1)c1cccc(S(=O)(=O)N2CCCCCC2)c1. The van der Waals surface area contributed by atoms with Gasteiger partial charge >= 0.3 is 5.97 Å². The van der Waals surface area contributed by atoms with Crippen molar-refractivity contribution in [3.05, 3.63) is 29.8 Å². The fraction of sp³-hybridized carbons (Fsp3) is 0.619. The fourth-order valence-electron chi connectivity index (χ4n) is 3.84. The van der Waals surface area contributed by atoms with Gasteiger partial charge in [-0.25, -0.2) is 13.2 Å². The lowest BCUT2D eigenvalue weighted by molar-refractivity contribution is -0.134. The Bertz CT molecular complexity index is 808. The predicted molar refractivity (Wildman–Crippen MR) is 109 cm³/mol. The number of hydrogen-bond acceptors (Lipinski definition) is 5. The third-order valence-electron chi connectivity index (χ3n) is 5.56. The number of sulfonamides is 1. The summed E-state index contributed by atoms with van der Waals surface area (Å²) in [6.07, 6.45) is 7.92. The maximum absolute atomic E-state index is 12.9. The van der Waals surface area contributed by atoms with E-state index in [2.05, 4.69) is 0 Å². The van der Waals surface area contributed by atoms with Gasteiger partial charge in [0.25, 0.3) is 5.91 Å². The Balaban J connectivity index is 1.63. The summed E-state index contributed by atoms with van der Waals surface area (Å²) in [6, 6.07) is 5.90. The Morgan fingerprint density at radius 2 is 1.45 bits per heavy atom. The van der Waals surface area contributed by atoms with Gasteiger partial charge in [0.2, 0.25) is 10.0 Å². The number of likely N-dealkylation sites (tertiary alicyclic amines) is 1. The summed E-state index contributed by atoms with van der Waals surface area (Å²) < 4.78 is 32.5. The average molecular weight is 423 g/mol. The molecule has 0 aliphatic carbocycles. The lowest BCUT2D eigenvalue weighted by Gasteiger charge is -2.20. The molecule has 1 aromatic rings. The van der Waals surface area contributed by atoms with Crippen molar-refractivity contribution in [2.24, 2.45) is 0 Å². The molecule has 0 atom stereocenters. The standard InChI is InChI=1S/C21H30N2O5S/c24-20(22-12-5-1-2-6-13-22)17-28-21(25)18-10-9-11-19(16-18)29(26,27)23-14-7-3-4-8-15-23/h9-11,16H,1-8,12-15,17H2. The molecule has 0 bridgehead atoms. The molecule has 7 nitrogen and oxygen atoms in total. The van der Waals surface area contributed by atoms with Gasteiger partial charge in [-0.3, -0.25) is 4.79 Å². The molecule has 2 heterocycles. The van der Waals surface area contributed by atoms with Gasteiger partial charge in [-0.1, -0.05) is 31.7 Å². The first-order valence-corrected chi connectivity index (χ1v) is 12.0. The Labute approximate surface area is 173 Å². The molecule has 8 heteroatoms. The van der Waals surface area contributed by atoms with Crippen LogP contribution in [0.5, 0.6) is 0 Å². The van der Waals surface area contributed by atoms with Crippen LogP contribution in [-0.4, -0.2) is 62.3 Å². The highest BCUT2D eigenvalue weighted by Crippen LogP contribution is 2.21. The van der Waals surface area contributed by atoms with Gasteiger partial charge in [-0.05, 0) is 43.9 Å². The number of rotatable bonds is 5. The summed E-state index contributed by atoms with van der Waals surface area (Å²) in [5.74, 6) is -0.880. The second kappa shape index (κ2) is 10.2. The number of benzene rings is 1. The number of carbonyl (C=O) groups is 2. The van der Waals surface area contributed by atoms with Crippen LogP contribution in [0, 0.1) is 0 Å². The van der Waals surface area contributed by atoms with Crippen LogP contribution in [0.4, 0.5) is 0 Å². The lowest BCUT2D eigenvalue weighted by Crippen LogP contribution is -2.35. The van der Waals surface area contributed by atoms with Crippen molar-refractivity contribution in [1.29, 1.82) is 0 Å². The molecule has 0 saturated carbocycles. The van der Waals surface area contributed by atoms with Crippen molar-refractivity contribution in [3.63, 3.8) is 0 Å². The molecule has 160 valence electrons. The van der Waals surface area contributed by atoms with Crippen molar-refractivity contribution < 1.29 is 22.7 Å². The van der Waals surface area contributed by atoms with E-state index in [1.807, 2.05) is 0 Å². The first kappa shape index (κ1) is 21.8. The number of ether oxygens (including phenoxy) is 1. The van der Waals surface area contributed by atoms with E-state index in [0.29, 0.717) is 26.2 Å². The van der Waals surface area contributed by atoms with Crippen LogP contribution in [0.15, 0.2) is 29.2 Å². The average Bonchev–Trinajstić information content (AvgIpc) is 3.17. The van der Waals surface area contributed by atoms with Crippen LogP contribution in [-0.2, 0) is 19.6 Å². The topological polar surface area (TPSA) is 84.0 Å². The zero-order chi connectivity index (χ0) is 20.7. The van der Waals surface area contributed by atoms with Gasteiger partial charge in [-0.15, -0.1) is 0 Å². The molecule has 2 aliphatic heterocycles. The smallest absolute Gasteiger partial charge is 0.338 e. The van der Waals surface area contributed by atoms with Gasteiger partial charge in [0.15, 0.2) is 6.61 Å². The summed E-state index contributed by atoms with van der Waals surface area (Å²) in [6.45, 7) is 2.07. The number of carbonyl (C=O) groups excluding carboxylic acids is 2. The summed E-state index contributed by atoms with van der Waals surface area (Å²) in [5.41, 5.74) is 0.143. The second-order valence-corrected chi connectivity index (χ2v) is 9.66. The molecule has 1 amide bonds. The minimum absolute atomic E-state index is 0.0905. The molecule has 2 fully saturated rings. The minimum Gasteiger partial charge on any atom is -0.452 e. The van der Waals surface area contributed by atoms with Gasteiger partial charge in [0, 0.05) is 26.2 Å². The van der Waals surface area contributed by atoms with E-state index >= 15 is 0 Å². The Hall–Kier alpha value is -1.93. The number of esters is 1. The van der Waals surface area contributed by atoms with Crippen LogP contribution in [0.25, 0.3) is 0 Å². The number of amides is 1. The highest BCUT2D eigenvalue weighted by Gasteiger charge is 2.26. The lowest BCUT2D eigenvalue weighted by atomic mass is 10.2. The summed E-state index contributed by atoms with van der Waals surface area (Å²) in [4.78, 5) is 26.5. The largest absolute Gasteiger partial charge is 0.452 e. The van der Waals surface area contributed by atoms with Crippen LogP contribution < -0.4 is 0 Å². The first-order chi connectivity index (χ1) is 14.0. The molecule has 0 unspecified atom stereocenters. The first-order valence-electron chi connectivity index (χ1n) is 10.5. The summed E-state index contributed by atoms with van der Waals surface area (Å²) in [5, 5.41) is 0. The van der Waals surface area contributed by atoms with E-state index in [-0.39, 0.29) is 23.0 Å². The highest BCUT2D eigenvalue weighted by atomic mass is 32.2. The van der Waals surface area contributed by atoms with Gasteiger partial charge in [0.05, 0.1) is 10.5 Å². The van der Waals surface area contributed by atoms with Gasteiger partial charge in [0.1, 0.15) is 0 Å². The predicted octanol–water partition coefficient (Wildman–Crippen LogP) is 2.81. The van der Waals surface area contributed by atoms with Crippen molar-refractivity contribution in [2.45, 2.75) is 56.3 Å². The van der Waals surface area contributed by atoms with E-state index in [9.17, 15) is 18.0 Å². The Morgan fingerprint density at radius 1 is 0.862 bits per heavy atom. The number of nitrogens with zero attached hydrogens (tertiary/aromatic N) is 2. The molecule has 2 aliphatic rings. The maximum Gasteiger partial charge on any atom is 0.338 e. The van der Waals surface area contributed by atoms with Crippen LogP contribution in [0.2, 0.25) is 0 Å². The second-order valence-electron chi connectivity index (χ2n) is 7.72. The molecule has 0 radical (unpaired) electrons. The highest BCUT2D eigenvalue weighted by molar-refractivity contribution is 7.89. The van der Waals surface area contributed by atoms with Crippen LogP contribution in [0.3, 0.4) is 0 Å². The summed E-state index contributed by atoms with van der Waals surface area (Å²) >= 11 is 0. The van der Waals surface area contributed by atoms with E-state index in [1.54, 1.807) is 4.90 Å². The zero-order valence-electron chi connectivity index (χ0n) is 16.8. The van der Waals surface area contributed by atoms with Crippen molar-refractivity contribution in [1.82, 2.24) is 9.21 Å². The monoisotopic (exact) mass is 422 g/mol. The number of hydrogen-bond donors (Lipinski definition) is 0. The molecule has 29 heavy (non-hydrogen) atoms. The molecular weight excluding hydrogens is 392 g/mol. The van der Waals surface area contributed by atoms with Crippen LogP contribution >= 0.6 is 0 Å². The maximum atomic E-state index is 12.9. The van der Waals surface area contributed by atoms with E-state index in [1.165, 1.54) is 28.6 Å². The Morgan fingerprint density at radius 3 is 2.07 bits per heavy atom. The van der Waals surface area contributed by atoms with Crippen molar-refractivity contribution in [2.75, 3.05) is 32.8 Å². The molecule has 2 saturated heterocycles. The molecule has 0 N–H and O–H groups in total. The molecule has 1 aromatic carbocycles. The summed E-state index contributed by atoms with van der Waals surface area (Å²) in [7, 11) is -3.64. The Kier molecular flexibility index (Phi) is 7.66.